The number of hydrogen-bond donors (Lipinski definition) is 1. The molecule has 0 atom stereocenters. The molecule has 0 spiro atoms. The molecule has 0 saturated heterocycles. The molecule has 0 heterocycles. The van der Waals surface area contributed by atoms with E-state index >= 15 is 0 Å². The zero-order valence-electron chi connectivity index (χ0n) is 14.8. The van der Waals surface area contributed by atoms with Gasteiger partial charge in [0.15, 0.2) is 0 Å². The van der Waals surface area contributed by atoms with Gasteiger partial charge >= 0.3 is 0 Å². The Morgan fingerprint density at radius 2 is 1.65 bits per heavy atom. The van der Waals surface area contributed by atoms with Crippen molar-refractivity contribution in [2.45, 2.75) is 30.1 Å². The zero-order valence-corrected chi connectivity index (χ0v) is 17.2. The van der Waals surface area contributed by atoms with Gasteiger partial charge < -0.3 is 5.32 Å². The third kappa shape index (κ3) is 5.23. The topological polar surface area (TPSA) is 29.1 Å². The summed E-state index contributed by atoms with van der Waals surface area (Å²) in [6.45, 7) is 4.23. The summed E-state index contributed by atoms with van der Waals surface area (Å²) < 4.78 is 1.01. The van der Waals surface area contributed by atoms with E-state index in [0.717, 1.165) is 20.6 Å². The lowest BCUT2D eigenvalue weighted by molar-refractivity contribution is -0.115. The molecule has 0 aromatic heterocycles. The Bertz CT molecular complexity index is 904. The molecule has 3 aromatic carbocycles. The number of nitrogens with one attached hydrogen (secondary N) is 1. The molecular formula is C22H20BrNOS. The fourth-order valence-corrected chi connectivity index (χ4v) is 3.81. The van der Waals surface area contributed by atoms with Gasteiger partial charge in [0.1, 0.15) is 0 Å². The first-order chi connectivity index (χ1) is 12.5. The summed E-state index contributed by atoms with van der Waals surface area (Å²) in [5.74, 6) is -0.0118. The average Bonchev–Trinajstić information content (AvgIpc) is 2.62. The van der Waals surface area contributed by atoms with E-state index in [4.69, 9.17) is 0 Å². The summed E-state index contributed by atoms with van der Waals surface area (Å²) in [4.78, 5) is 14.6. The molecule has 1 N–H and O–H groups in total. The highest BCUT2D eigenvalue weighted by molar-refractivity contribution is 9.10. The van der Waals surface area contributed by atoms with E-state index in [-0.39, 0.29) is 5.91 Å². The van der Waals surface area contributed by atoms with E-state index in [2.05, 4.69) is 53.3 Å². The third-order valence-corrected chi connectivity index (χ3v) is 5.68. The number of carbonyl (C=O) groups is 1. The van der Waals surface area contributed by atoms with E-state index in [0.29, 0.717) is 6.42 Å². The number of rotatable bonds is 5. The standard InChI is InChI=1S/C22H20BrNOS/c1-15-3-4-16(2)21(13-15)26-20-11-9-19(10-12-20)24-22(25)14-17-5-7-18(23)8-6-17/h3-13H,14H2,1-2H3,(H,24,25). The van der Waals surface area contributed by atoms with Gasteiger partial charge in [-0.3, -0.25) is 4.79 Å². The van der Waals surface area contributed by atoms with Crippen molar-refractivity contribution < 1.29 is 4.79 Å². The molecule has 4 heteroatoms. The van der Waals surface area contributed by atoms with E-state index in [1.54, 1.807) is 11.8 Å². The Kier molecular flexibility index (Phi) is 6.17. The number of hydrogen-bond acceptors (Lipinski definition) is 2. The van der Waals surface area contributed by atoms with Gasteiger partial charge in [-0.15, -0.1) is 0 Å². The van der Waals surface area contributed by atoms with Crippen molar-refractivity contribution in [3.8, 4) is 0 Å². The highest BCUT2D eigenvalue weighted by Gasteiger charge is 2.06. The highest BCUT2D eigenvalue weighted by Crippen LogP contribution is 2.31. The van der Waals surface area contributed by atoms with Crippen LogP contribution in [0.2, 0.25) is 0 Å². The second-order valence-electron chi connectivity index (χ2n) is 6.25. The predicted molar refractivity (Wildman–Crippen MR) is 113 cm³/mol. The molecule has 1 amide bonds. The molecule has 2 nitrogen and oxygen atoms in total. The first kappa shape index (κ1) is 18.7. The first-order valence-electron chi connectivity index (χ1n) is 8.39. The van der Waals surface area contributed by atoms with E-state index in [1.807, 2.05) is 48.5 Å². The second-order valence-corrected chi connectivity index (χ2v) is 8.28. The van der Waals surface area contributed by atoms with Crippen LogP contribution in [0, 0.1) is 13.8 Å². The van der Waals surface area contributed by atoms with E-state index in [1.165, 1.54) is 16.0 Å². The molecule has 0 aliphatic heterocycles. The summed E-state index contributed by atoms with van der Waals surface area (Å²) >= 11 is 5.14. The quantitative estimate of drug-likeness (QED) is 0.512. The van der Waals surface area contributed by atoms with Crippen molar-refractivity contribution in [3.63, 3.8) is 0 Å². The number of amides is 1. The van der Waals surface area contributed by atoms with Gasteiger partial charge in [0.05, 0.1) is 6.42 Å². The van der Waals surface area contributed by atoms with Gasteiger partial charge in [0.25, 0.3) is 0 Å². The number of benzene rings is 3. The number of aryl methyl sites for hydroxylation is 2. The van der Waals surface area contributed by atoms with Crippen molar-refractivity contribution >= 4 is 39.3 Å². The van der Waals surface area contributed by atoms with Crippen molar-refractivity contribution in [2.75, 3.05) is 5.32 Å². The molecule has 0 radical (unpaired) electrons. The molecule has 0 unspecified atom stereocenters. The molecule has 3 rings (SSSR count). The fourth-order valence-electron chi connectivity index (χ4n) is 2.54. The van der Waals surface area contributed by atoms with Crippen LogP contribution in [0.4, 0.5) is 5.69 Å². The monoisotopic (exact) mass is 425 g/mol. The van der Waals surface area contributed by atoms with Gasteiger partial charge in [-0.1, -0.05) is 52.0 Å². The van der Waals surface area contributed by atoms with Crippen LogP contribution in [-0.2, 0) is 11.2 Å². The predicted octanol–water partition coefficient (Wildman–Crippen LogP) is 6.40. The van der Waals surface area contributed by atoms with Crippen LogP contribution in [0.15, 0.2) is 81.0 Å². The minimum atomic E-state index is -0.0118. The van der Waals surface area contributed by atoms with Crippen molar-refractivity contribution in [1.82, 2.24) is 0 Å². The van der Waals surface area contributed by atoms with Crippen LogP contribution in [0.1, 0.15) is 16.7 Å². The first-order valence-corrected chi connectivity index (χ1v) is 10.00. The lowest BCUT2D eigenvalue weighted by atomic mass is 10.1. The summed E-state index contributed by atoms with van der Waals surface area (Å²) in [6.07, 6.45) is 0.367. The molecule has 0 aliphatic rings. The van der Waals surface area contributed by atoms with Gasteiger partial charge in [-0.05, 0) is 73.0 Å². The largest absolute Gasteiger partial charge is 0.326 e. The molecule has 0 saturated carbocycles. The Labute approximate surface area is 167 Å². The molecule has 0 aliphatic carbocycles. The number of halogens is 1. The van der Waals surface area contributed by atoms with Crippen LogP contribution in [-0.4, -0.2) is 5.91 Å². The molecule has 0 bridgehead atoms. The van der Waals surface area contributed by atoms with Crippen LogP contribution >= 0.6 is 27.7 Å². The zero-order chi connectivity index (χ0) is 18.5. The van der Waals surface area contributed by atoms with Gasteiger partial charge in [-0.2, -0.15) is 0 Å². The molecular weight excluding hydrogens is 406 g/mol. The molecule has 26 heavy (non-hydrogen) atoms. The normalized spacial score (nSPS) is 10.6. The smallest absolute Gasteiger partial charge is 0.228 e. The van der Waals surface area contributed by atoms with E-state index < -0.39 is 0 Å². The second kappa shape index (κ2) is 8.56. The summed E-state index contributed by atoms with van der Waals surface area (Å²) in [5.41, 5.74) is 4.34. The lowest BCUT2D eigenvalue weighted by Gasteiger charge is -2.09. The fraction of sp³-hybridized carbons (Fsp3) is 0.136. The minimum absolute atomic E-state index is 0.0118. The highest BCUT2D eigenvalue weighted by atomic mass is 79.9. The lowest BCUT2D eigenvalue weighted by Crippen LogP contribution is -2.14. The Hall–Kier alpha value is -2.04. The number of carbonyl (C=O) groups excluding carboxylic acids is 1. The average molecular weight is 426 g/mol. The molecule has 132 valence electrons. The molecule has 3 aromatic rings. The van der Waals surface area contributed by atoms with Gasteiger partial charge in [0, 0.05) is 20.0 Å². The maximum absolute atomic E-state index is 12.2. The van der Waals surface area contributed by atoms with Gasteiger partial charge in [0.2, 0.25) is 5.91 Å². The SMILES string of the molecule is Cc1ccc(C)c(Sc2ccc(NC(=O)Cc3ccc(Br)cc3)cc2)c1. The Morgan fingerprint density at radius 1 is 0.962 bits per heavy atom. The van der Waals surface area contributed by atoms with Gasteiger partial charge in [-0.25, -0.2) is 0 Å². The van der Waals surface area contributed by atoms with Crippen LogP contribution < -0.4 is 5.32 Å². The summed E-state index contributed by atoms with van der Waals surface area (Å²) in [6, 6.07) is 22.3. The molecule has 0 fully saturated rings. The minimum Gasteiger partial charge on any atom is -0.326 e. The van der Waals surface area contributed by atoms with Crippen LogP contribution in [0.3, 0.4) is 0 Å². The summed E-state index contributed by atoms with van der Waals surface area (Å²) in [5, 5.41) is 2.96. The maximum Gasteiger partial charge on any atom is 0.228 e. The Morgan fingerprint density at radius 3 is 2.35 bits per heavy atom. The van der Waals surface area contributed by atoms with Crippen LogP contribution in [0.5, 0.6) is 0 Å². The Balaban J connectivity index is 1.61. The van der Waals surface area contributed by atoms with Crippen molar-refractivity contribution in [3.05, 3.63) is 87.9 Å². The van der Waals surface area contributed by atoms with E-state index in [9.17, 15) is 4.79 Å². The van der Waals surface area contributed by atoms with Crippen LogP contribution in [0.25, 0.3) is 0 Å². The number of anilines is 1. The maximum atomic E-state index is 12.2. The summed E-state index contributed by atoms with van der Waals surface area (Å²) in [7, 11) is 0. The third-order valence-electron chi connectivity index (χ3n) is 3.99. The van der Waals surface area contributed by atoms with Crippen molar-refractivity contribution in [1.29, 1.82) is 0 Å². The van der Waals surface area contributed by atoms with Crippen molar-refractivity contribution in [2.24, 2.45) is 0 Å².